The number of hydrogen-bond acceptors (Lipinski definition) is 6. The van der Waals surface area contributed by atoms with Gasteiger partial charge in [0.05, 0.1) is 32.5 Å². The number of para-hydroxylation sites is 2. The monoisotopic (exact) mass is 1160 g/mol. The van der Waals surface area contributed by atoms with Crippen LogP contribution >= 0.6 is 55.1 Å². The zero-order valence-corrected chi connectivity index (χ0v) is 47.3. The molecule has 12 heteroatoms. The summed E-state index contributed by atoms with van der Waals surface area (Å²) >= 11 is 19.0. The van der Waals surface area contributed by atoms with Gasteiger partial charge in [-0.1, -0.05) is 155 Å². The Morgan fingerprint density at radius 2 is 1.00 bits per heavy atom. The minimum absolute atomic E-state index is 0. The van der Waals surface area contributed by atoms with Crippen LogP contribution in [0.1, 0.15) is 137 Å². The molecule has 5 aromatic carbocycles. The largest absolute Gasteiger partial charge is 0.506 e. The van der Waals surface area contributed by atoms with Gasteiger partial charge >= 0.3 is 0 Å². The number of rotatable bonds is 8. The Kier molecular flexibility index (Phi) is 31.3. The molecule has 0 bridgehead atoms. The first-order valence-electron chi connectivity index (χ1n) is 20.8. The number of aliphatic imine (C=N–C) groups is 2. The number of nitriles is 1. The van der Waals surface area contributed by atoms with Crippen LogP contribution in [0.3, 0.4) is 0 Å². The summed E-state index contributed by atoms with van der Waals surface area (Å²) in [6.07, 6.45) is 3.50. The summed E-state index contributed by atoms with van der Waals surface area (Å²) in [6.45, 7) is 23.1. The summed E-state index contributed by atoms with van der Waals surface area (Å²) < 4.78 is 1.56. The number of aromatic nitrogens is 1. The SMILES string of the molecule is CC(=Nc1c(C(C)C)cccc1C(C)C)c1cc(Br)cc(Br)c1O.CC(=Nc1c(C(C)C)cccc1C(C)C)c1cc(Cl)cc(Cl)c1O.Cc1ccc(C#N)cc1.[CH3-].[CH3-].[Ni].[Ni].c1ccncc1. The van der Waals surface area contributed by atoms with E-state index in [1.807, 2.05) is 75.4 Å². The summed E-state index contributed by atoms with van der Waals surface area (Å²) in [6, 6.07) is 34.9. The fourth-order valence-electron chi connectivity index (χ4n) is 6.36. The molecule has 0 unspecified atom stereocenters. The zero-order chi connectivity index (χ0) is 47.0. The maximum Gasteiger partial charge on any atom is 0.143 e. The second-order valence-corrected chi connectivity index (χ2v) is 18.8. The summed E-state index contributed by atoms with van der Waals surface area (Å²) in [5.41, 5.74) is 11.5. The topological polar surface area (TPSA) is 102 Å². The van der Waals surface area contributed by atoms with Gasteiger partial charge in [0.1, 0.15) is 11.5 Å². The van der Waals surface area contributed by atoms with Crippen molar-refractivity contribution in [1.29, 1.82) is 5.26 Å². The maximum absolute atomic E-state index is 10.4. The van der Waals surface area contributed by atoms with Crippen molar-refractivity contribution in [3.8, 4) is 17.6 Å². The Labute approximate surface area is 448 Å². The van der Waals surface area contributed by atoms with Gasteiger partial charge in [0, 0.05) is 77.4 Å². The van der Waals surface area contributed by atoms with Gasteiger partial charge in [-0.3, -0.25) is 15.0 Å². The molecule has 67 heavy (non-hydrogen) atoms. The van der Waals surface area contributed by atoms with E-state index >= 15 is 0 Å². The maximum atomic E-state index is 10.4. The number of phenolic OH excluding ortho intramolecular Hbond substituents is 2. The van der Waals surface area contributed by atoms with Crippen LogP contribution in [0.5, 0.6) is 11.5 Å². The van der Waals surface area contributed by atoms with Crippen LogP contribution in [0.15, 0.2) is 134 Å². The molecule has 0 aliphatic rings. The molecule has 366 valence electrons. The van der Waals surface area contributed by atoms with Crippen molar-refractivity contribution in [3.05, 3.63) is 194 Å². The van der Waals surface area contributed by atoms with Crippen LogP contribution in [-0.2, 0) is 33.0 Å². The van der Waals surface area contributed by atoms with E-state index in [0.29, 0.717) is 44.4 Å². The van der Waals surface area contributed by atoms with Gasteiger partial charge in [0.15, 0.2) is 0 Å². The Morgan fingerprint density at radius 1 is 0.597 bits per heavy atom. The standard InChI is InChI=1S/C20H23Br2NO.C20H23Cl2NO.C8H7N.C5H5N.2CH3.2Ni/c2*1-11(2)15-7-6-8-16(12(3)4)19(15)23-13(5)17-9-14(21)10-18(22)20(17)24;1-7-2-4-8(6-9)5-3-7;1-2-4-6-5-3-1;;;;/h2*6-12,24H,1-5H3;2-5H,1H3;1-5H;2*1H3;;/q;;;;2*-1;;. The third-order valence-corrected chi connectivity index (χ3v) is 11.4. The van der Waals surface area contributed by atoms with Crippen molar-refractivity contribution < 1.29 is 43.2 Å². The Balaban J connectivity index is 0. The van der Waals surface area contributed by atoms with Crippen LogP contribution in [0.2, 0.25) is 10.0 Å². The number of halogens is 4. The fourth-order valence-corrected chi connectivity index (χ4v) is 8.08. The molecular weight excluding hydrogens is 1100 g/mol. The molecule has 0 saturated heterocycles. The molecule has 6 rings (SSSR count). The average Bonchev–Trinajstić information content (AvgIpc) is 3.24. The molecule has 0 aliphatic heterocycles. The molecule has 1 heterocycles. The Morgan fingerprint density at radius 3 is 1.34 bits per heavy atom. The number of aryl methyl sites for hydroxylation is 1. The molecule has 0 atom stereocenters. The third-order valence-electron chi connectivity index (χ3n) is 9.83. The van der Waals surface area contributed by atoms with Crippen LogP contribution in [0, 0.1) is 33.1 Å². The Hall–Kier alpha value is -3.79. The number of nitrogens with zero attached hydrogens (tertiary/aromatic N) is 4. The van der Waals surface area contributed by atoms with Gasteiger partial charge in [-0.25, -0.2) is 0 Å². The van der Waals surface area contributed by atoms with Crippen LogP contribution in [0.4, 0.5) is 11.4 Å². The van der Waals surface area contributed by atoms with E-state index in [4.69, 9.17) is 38.4 Å². The van der Waals surface area contributed by atoms with E-state index in [2.05, 4.69) is 135 Å². The van der Waals surface area contributed by atoms with Crippen molar-refractivity contribution in [1.82, 2.24) is 4.98 Å². The summed E-state index contributed by atoms with van der Waals surface area (Å²) in [5.74, 6) is 1.71. The van der Waals surface area contributed by atoms with Gasteiger partial charge < -0.3 is 25.1 Å². The zero-order valence-electron chi connectivity index (χ0n) is 40.6. The van der Waals surface area contributed by atoms with Crippen molar-refractivity contribution in [2.45, 2.75) is 99.8 Å². The normalized spacial score (nSPS) is 10.7. The summed E-state index contributed by atoms with van der Waals surface area (Å²) in [7, 11) is 0. The molecule has 6 aromatic rings. The van der Waals surface area contributed by atoms with Gasteiger partial charge in [0.25, 0.3) is 0 Å². The van der Waals surface area contributed by atoms with E-state index in [1.54, 1.807) is 18.5 Å². The molecule has 0 spiro atoms. The number of hydrogen-bond donors (Lipinski definition) is 2. The minimum atomic E-state index is 0. The molecule has 0 amide bonds. The summed E-state index contributed by atoms with van der Waals surface area (Å²) in [4.78, 5) is 13.6. The van der Waals surface area contributed by atoms with Crippen LogP contribution in [0.25, 0.3) is 0 Å². The molecule has 0 fully saturated rings. The number of pyridine rings is 1. The number of phenols is 2. The van der Waals surface area contributed by atoms with Gasteiger partial charge in [-0.15, -0.1) is 0 Å². The van der Waals surface area contributed by atoms with Crippen molar-refractivity contribution in [2.75, 3.05) is 0 Å². The van der Waals surface area contributed by atoms with Crippen molar-refractivity contribution in [3.63, 3.8) is 0 Å². The number of benzene rings is 5. The van der Waals surface area contributed by atoms with E-state index in [-0.39, 0.29) is 64.4 Å². The first-order chi connectivity index (χ1) is 29.8. The molecule has 0 aliphatic carbocycles. The molecule has 1 aromatic heterocycles. The summed E-state index contributed by atoms with van der Waals surface area (Å²) in [5, 5.41) is 29.7. The first kappa shape index (κ1) is 65.3. The van der Waals surface area contributed by atoms with Gasteiger partial charge in [-0.05, 0) is 131 Å². The fraction of sp³-hybridized carbons (Fsp3) is 0.273. The molecular formula is C55H64Br2Cl2N4Ni2O2-2. The molecule has 6 nitrogen and oxygen atoms in total. The second-order valence-electron chi connectivity index (χ2n) is 16.2. The predicted molar refractivity (Wildman–Crippen MR) is 288 cm³/mol. The Bertz CT molecular complexity index is 2330. The average molecular weight is 1160 g/mol. The minimum Gasteiger partial charge on any atom is -0.506 e. The predicted octanol–water partition coefficient (Wildman–Crippen LogP) is 18.2. The third kappa shape index (κ3) is 20.0. The molecule has 0 saturated carbocycles. The van der Waals surface area contributed by atoms with Crippen molar-refractivity contribution in [2.24, 2.45) is 9.98 Å². The number of aromatic hydroxyl groups is 2. The van der Waals surface area contributed by atoms with E-state index in [9.17, 15) is 10.2 Å². The first-order valence-corrected chi connectivity index (χ1v) is 23.2. The molecule has 0 radical (unpaired) electrons. The second kappa shape index (κ2) is 32.1. The van der Waals surface area contributed by atoms with E-state index < -0.39 is 0 Å². The van der Waals surface area contributed by atoms with Crippen LogP contribution in [-0.4, -0.2) is 26.6 Å². The van der Waals surface area contributed by atoms with E-state index in [0.717, 1.165) is 32.7 Å². The van der Waals surface area contributed by atoms with Gasteiger partial charge in [0.2, 0.25) is 0 Å². The smallest absolute Gasteiger partial charge is 0.143 e. The van der Waals surface area contributed by atoms with E-state index in [1.165, 1.54) is 33.9 Å². The van der Waals surface area contributed by atoms with Gasteiger partial charge in [-0.2, -0.15) is 5.26 Å². The van der Waals surface area contributed by atoms with Crippen LogP contribution < -0.4 is 0 Å². The quantitative estimate of drug-likeness (QED) is 0.0900. The van der Waals surface area contributed by atoms with Crippen molar-refractivity contribution >= 4 is 77.9 Å². The molecule has 2 N–H and O–H groups in total.